The maximum Gasteiger partial charge on any atom is 0.270 e. The van der Waals surface area contributed by atoms with E-state index in [4.69, 9.17) is 5.26 Å². The Hall–Kier alpha value is -2.28. The number of hydrogen-bond donors (Lipinski definition) is 0. The molecule has 21 heavy (non-hydrogen) atoms. The SMILES string of the molecule is N#CCn1c(C(=O)N2CCC3CC3C2)cc2ccccc21. The van der Waals surface area contributed by atoms with E-state index in [2.05, 4.69) is 6.07 Å². The highest BCUT2D eigenvalue weighted by molar-refractivity contribution is 5.99. The predicted octanol–water partition coefficient (Wildman–Crippen LogP) is 2.65. The van der Waals surface area contributed by atoms with Crippen molar-refractivity contribution < 1.29 is 4.79 Å². The fourth-order valence-corrected chi connectivity index (χ4v) is 3.56. The molecule has 2 aromatic rings. The van der Waals surface area contributed by atoms with Gasteiger partial charge in [0.2, 0.25) is 0 Å². The zero-order valence-electron chi connectivity index (χ0n) is 11.8. The minimum Gasteiger partial charge on any atom is -0.337 e. The number of carbonyl (C=O) groups is 1. The molecule has 1 saturated heterocycles. The van der Waals surface area contributed by atoms with Gasteiger partial charge >= 0.3 is 0 Å². The Morgan fingerprint density at radius 2 is 2.19 bits per heavy atom. The van der Waals surface area contributed by atoms with Gasteiger partial charge in [0.25, 0.3) is 5.91 Å². The van der Waals surface area contributed by atoms with Gasteiger partial charge in [-0.15, -0.1) is 0 Å². The number of para-hydroxylation sites is 1. The second kappa shape index (κ2) is 4.63. The standard InChI is InChI=1S/C17H17N3O/c18-6-8-20-15-4-2-1-3-13(15)10-16(20)17(21)19-7-5-12-9-14(12)11-19/h1-4,10,12,14H,5,7-9,11H2. The molecule has 1 amide bonds. The molecule has 0 radical (unpaired) electrons. The second-order valence-electron chi connectivity index (χ2n) is 6.13. The van der Waals surface area contributed by atoms with Gasteiger partial charge in [0.1, 0.15) is 12.2 Å². The first kappa shape index (κ1) is 12.5. The Labute approximate surface area is 123 Å². The van der Waals surface area contributed by atoms with Crippen molar-refractivity contribution in [1.82, 2.24) is 9.47 Å². The van der Waals surface area contributed by atoms with Gasteiger partial charge in [-0.25, -0.2) is 0 Å². The highest BCUT2D eigenvalue weighted by Crippen LogP contribution is 2.45. The number of piperidine rings is 1. The van der Waals surface area contributed by atoms with Gasteiger partial charge in [-0.3, -0.25) is 4.79 Å². The number of hydrogen-bond acceptors (Lipinski definition) is 2. The van der Waals surface area contributed by atoms with Gasteiger partial charge < -0.3 is 9.47 Å². The molecule has 4 heteroatoms. The highest BCUT2D eigenvalue weighted by atomic mass is 16.2. The minimum atomic E-state index is 0.0757. The lowest BCUT2D eigenvalue weighted by Crippen LogP contribution is -2.37. The van der Waals surface area contributed by atoms with E-state index >= 15 is 0 Å². The van der Waals surface area contributed by atoms with Crippen LogP contribution in [0.15, 0.2) is 30.3 Å². The van der Waals surface area contributed by atoms with Gasteiger partial charge in [0.15, 0.2) is 0 Å². The Morgan fingerprint density at radius 3 is 3.00 bits per heavy atom. The van der Waals surface area contributed by atoms with Crippen molar-refractivity contribution >= 4 is 16.8 Å². The van der Waals surface area contributed by atoms with E-state index in [0.717, 1.165) is 42.2 Å². The third-order valence-corrected chi connectivity index (χ3v) is 4.84. The van der Waals surface area contributed by atoms with Gasteiger partial charge in [0.05, 0.1) is 6.07 Å². The van der Waals surface area contributed by atoms with Crippen LogP contribution in [0, 0.1) is 23.2 Å². The molecule has 1 aromatic carbocycles. The molecule has 2 heterocycles. The molecule has 0 bridgehead atoms. The van der Waals surface area contributed by atoms with Crippen LogP contribution in [0.1, 0.15) is 23.3 Å². The summed E-state index contributed by atoms with van der Waals surface area (Å²) in [5, 5.41) is 10.1. The lowest BCUT2D eigenvalue weighted by atomic mass is 10.1. The summed E-state index contributed by atoms with van der Waals surface area (Å²) in [6.45, 7) is 1.96. The average molecular weight is 279 g/mol. The Morgan fingerprint density at radius 1 is 1.33 bits per heavy atom. The van der Waals surface area contributed by atoms with Crippen LogP contribution in [0.4, 0.5) is 0 Å². The molecule has 106 valence electrons. The number of nitrogens with zero attached hydrogens (tertiary/aromatic N) is 3. The van der Waals surface area contributed by atoms with E-state index in [9.17, 15) is 4.79 Å². The quantitative estimate of drug-likeness (QED) is 0.848. The smallest absolute Gasteiger partial charge is 0.270 e. The number of nitriles is 1. The first-order valence-corrected chi connectivity index (χ1v) is 7.52. The maximum absolute atomic E-state index is 12.8. The largest absolute Gasteiger partial charge is 0.337 e. The Kier molecular flexibility index (Phi) is 2.75. The Balaban J connectivity index is 1.72. The van der Waals surface area contributed by atoms with E-state index in [0.29, 0.717) is 5.69 Å². The molecule has 2 atom stereocenters. The van der Waals surface area contributed by atoms with Crippen molar-refractivity contribution in [3.63, 3.8) is 0 Å². The number of rotatable bonds is 2. The summed E-state index contributed by atoms with van der Waals surface area (Å²) in [5.74, 6) is 1.65. The lowest BCUT2D eigenvalue weighted by Gasteiger charge is -2.26. The molecular weight excluding hydrogens is 262 g/mol. The molecule has 0 N–H and O–H groups in total. The molecule has 2 unspecified atom stereocenters. The number of carbonyl (C=O) groups excluding carboxylic acids is 1. The normalized spacial score (nSPS) is 23.7. The first-order valence-electron chi connectivity index (χ1n) is 7.52. The summed E-state index contributed by atoms with van der Waals surface area (Å²) in [6.07, 6.45) is 2.42. The molecule has 4 nitrogen and oxygen atoms in total. The van der Waals surface area contributed by atoms with Crippen molar-refractivity contribution in [3.8, 4) is 6.07 Å². The summed E-state index contributed by atoms with van der Waals surface area (Å²) in [7, 11) is 0. The van der Waals surface area contributed by atoms with Crippen molar-refractivity contribution in [3.05, 3.63) is 36.0 Å². The van der Waals surface area contributed by atoms with Crippen LogP contribution in [0.3, 0.4) is 0 Å². The van der Waals surface area contributed by atoms with Gasteiger partial charge in [0, 0.05) is 24.0 Å². The molecule has 1 saturated carbocycles. The monoisotopic (exact) mass is 279 g/mol. The number of likely N-dealkylation sites (tertiary alicyclic amines) is 1. The molecule has 4 rings (SSSR count). The van der Waals surface area contributed by atoms with Crippen molar-refractivity contribution in [2.75, 3.05) is 13.1 Å². The summed E-state index contributed by atoms with van der Waals surface area (Å²) < 4.78 is 1.84. The van der Waals surface area contributed by atoms with Crippen LogP contribution >= 0.6 is 0 Å². The Bertz CT molecular complexity index is 755. The topological polar surface area (TPSA) is 49.0 Å². The van der Waals surface area contributed by atoms with E-state index < -0.39 is 0 Å². The minimum absolute atomic E-state index is 0.0757. The third-order valence-electron chi connectivity index (χ3n) is 4.84. The van der Waals surface area contributed by atoms with Crippen LogP contribution in [0.25, 0.3) is 10.9 Å². The lowest BCUT2D eigenvalue weighted by molar-refractivity contribution is 0.0706. The zero-order chi connectivity index (χ0) is 14.4. The molecule has 1 aliphatic heterocycles. The van der Waals surface area contributed by atoms with Crippen molar-refractivity contribution in [2.45, 2.75) is 19.4 Å². The molecule has 1 aliphatic carbocycles. The van der Waals surface area contributed by atoms with Gasteiger partial charge in [-0.05, 0) is 36.8 Å². The van der Waals surface area contributed by atoms with Gasteiger partial charge in [-0.2, -0.15) is 5.26 Å². The molecule has 1 aromatic heterocycles. The fraction of sp³-hybridized carbons (Fsp3) is 0.412. The first-order chi connectivity index (χ1) is 10.3. The molecular formula is C17H17N3O. The summed E-state index contributed by atoms with van der Waals surface area (Å²) >= 11 is 0. The van der Waals surface area contributed by atoms with Crippen LogP contribution < -0.4 is 0 Å². The van der Waals surface area contributed by atoms with Crippen LogP contribution in [-0.4, -0.2) is 28.5 Å². The number of amides is 1. The summed E-state index contributed by atoms with van der Waals surface area (Å²) in [6, 6.07) is 12.0. The predicted molar refractivity (Wildman–Crippen MR) is 79.7 cm³/mol. The molecule has 2 aliphatic rings. The van der Waals surface area contributed by atoms with E-state index in [1.807, 2.05) is 39.8 Å². The number of aromatic nitrogens is 1. The highest BCUT2D eigenvalue weighted by Gasteiger charge is 2.43. The van der Waals surface area contributed by atoms with Crippen LogP contribution in [0.2, 0.25) is 0 Å². The van der Waals surface area contributed by atoms with E-state index in [1.165, 1.54) is 6.42 Å². The fourth-order valence-electron chi connectivity index (χ4n) is 3.56. The van der Waals surface area contributed by atoms with Gasteiger partial charge in [-0.1, -0.05) is 18.2 Å². The number of benzene rings is 1. The van der Waals surface area contributed by atoms with E-state index in [1.54, 1.807) is 0 Å². The summed E-state index contributed by atoms with van der Waals surface area (Å²) in [4.78, 5) is 14.8. The average Bonchev–Trinajstić information content (AvgIpc) is 3.21. The molecule has 2 fully saturated rings. The third kappa shape index (κ3) is 2.01. The number of fused-ring (bicyclic) bond motifs is 2. The van der Waals surface area contributed by atoms with E-state index in [-0.39, 0.29) is 12.5 Å². The second-order valence-corrected chi connectivity index (χ2v) is 6.13. The summed E-state index contributed by atoms with van der Waals surface area (Å²) in [5.41, 5.74) is 1.61. The van der Waals surface area contributed by atoms with Crippen molar-refractivity contribution in [1.29, 1.82) is 5.26 Å². The maximum atomic E-state index is 12.8. The molecule has 0 spiro atoms. The van der Waals surface area contributed by atoms with Crippen LogP contribution in [0.5, 0.6) is 0 Å². The van der Waals surface area contributed by atoms with Crippen molar-refractivity contribution in [2.24, 2.45) is 11.8 Å². The van der Waals surface area contributed by atoms with Crippen LogP contribution in [-0.2, 0) is 6.54 Å². The zero-order valence-corrected chi connectivity index (χ0v) is 11.8.